The van der Waals surface area contributed by atoms with Gasteiger partial charge in [0.1, 0.15) is 12.4 Å². The third-order valence-corrected chi connectivity index (χ3v) is 9.75. The van der Waals surface area contributed by atoms with Crippen LogP contribution in [0.2, 0.25) is 0 Å². The van der Waals surface area contributed by atoms with E-state index in [1.54, 1.807) is 18.2 Å². The number of fused-ring (bicyclic) bond motifs is 2. The third-order valence-electron chi connectivity index (χ3n) is 7.58. The smallest absolute Gasteiger partial charge is 0.337 e. The molecule has 1 atom stereocenters. The summed E-state index contributed by atoms with van der Waals surface area (Å²) in [4.78, 5) is 31.9. The van der Waals surface area contributed by atoms with Crippen LogP contribution in [0.25, 0.3) is 16.8 Å². The van der Waals surface area contributed by atoms with E-state index in [1.807, 2.05) is 50.2 Å². The number of carbonyl (C=O) groups is 1. The molecule has 4 aromatic carbocycles. The zero-order valence-corrected chi connectivity index (χ0v) is 29.8. The van der Waals surface area contributed by atoms with E-state index in [0.29, 0.717) is 52.0 Å². The van der Waals surface area contributed by atoms with Crippen LogP contribution in [0.5, 0.6) is 17.2 Å². The summed E-state index contributed by atoms with van der Waals surface area (Å²) in [5.74, 6) is 1.18. The predicted molar refractivity (Wildman–Crippen MR) is 190 cm³/mol. The van der Waals surface area contributed by atoms with Gasteiger partial charge in [-0.25, -0.2) is 9.79 Å². The molecule has 11 heteroatoms. The summed E-state index contributed by atoms with van der Waals surface area (Å²) in [5.41, 5.74) is 2.46. The van der Waals surface area contributed by atoms with Gasteiger partial charge in [-0.15, -0.1) is 0 Å². The lowest BCUT2D eigenvalue weighted by molar-refractivity contribution is -0.136. The van der Waals surface area contributed by atoms with Gasteiger partial charge < -0.3 is 18.9 Å². The molecule has 2 heterocycles. The number of methoxy groups -OCH3 is 1. The van der Waals surface area contributed by atoms with E-state index in [9.17, 15) is 9.59 Å². The first-order chi connectivity index (χ1) is 22.8. The monoisotopic (exact) mass is 776 g/mol. The summed E-state index contributed by atoms with van der Waals surface area (Å²) in [5, 5.41) is 2.30. The van der Waals surface area contributed by atoms with Crippen LogP contribution in [0.1, 0.15) is 36.6 Å². The number of nitrogens with zero attached hydrogens (tertiary/aromatic N) is 2. The highest BCUT2D eigenvalue weighted by Crippen LogP contribution is 2.37. The highest BCUT2D eigenvalue weighted by molar-refractivity contribution is 9.11. The fraction of sp³-hybridized carbons (Fsp3) is 0.194. The molecule has 0 saturated carbocycles. The van der Waals surface area contributed by atoms with E-state index < -0.39 is 12.0 Å². The molecule has 0 bridgehead atoms. The SMILES string of the molecule is CCOc1ccc([C@@H]2C(C(=O)OC)=CN=c3s/c(=C\c4cc(Br)c(OCc5cccc6ccccc56)c(Br)c4)c(=O)n32)cc1OCC. The summed E-state index contributed by atoms with van der Waals surface area (Å²) in [6, 6.07) is 22.8. The molecule has 6 rings (SSSR count). The Kier molecular flexibility index (Phi) is 9.95. The molecule has 240 valence electrons. The molecule has 0 fully saturated rings. The Balaban J connectivity index is 1.36. The van der Waals surface area contributed by atoms with Crippen LogP contribution in [-0.2, 0) is 16.1 Å². The van der Waals surface area contributed by atoms with E-state index in [4.69, 9.17) is 18.9 Å². The zero-order chi connectivity index (χ0) is 33.1. The van der Waals surface area contributed by atoms with Crippen molar-refractivity contribution in [2.45, 2.75) is 26.5 Å². The number of halogens is 2. The number of aromatic nitrogens is 1. The van der Waals surface area contributed by atoms with E-state index in [0.717, 1.165) is 30.8 Å². The van der Waals surface area contributed by atoms with Crippen LogP contribution in [0.3, 0.4) is 0 Å². The second-order valence-corrected chi connectivity index (χ2v) is 13.2. The lowest BCUT2D eigenvalue weighted by atomic mass is 9.97. The Hall–Kier alpha value is -4.19. The molecule has 0 radical (unpaired) electrons. The van der Waals surface area contributed by atoms with Crippen molar-refractivity contribution < 1.29 is 23.7 Å². The van der Waals surface area contributed by atoms with Crippen LogP contribution in [0.4, 0.5) is 0 Å². The van der Waals surface area contributed by atoms with E-state index >= 15 is 0 Å². The molecule has 0 amide bonds. The fourth-order valence-corrected chi connectivity index (χ4v) is 7.93. The lowest BCUT2D eigenvalue weighted by Gasteiger charge is -2.23. The number of ether oxygens (including phenoxy) is 4. The molecule has 8 nitrogen and oxygen atoms in total. The zero-order valence-electron chi connectivity index (χ0n) is 25.8. The van der Waals surface area contributed by atoms with Crippen molar-refractivity contribution in [1.29, 1.82) is 0 Å². The van der Waals surface area contributed by atoms with Gasteiger partial charge in [0.2, 0.25) is 0 Å². The average molecular weight is 779 g/mol. The molecule has 0 saturated heterocycles. The molecule has 5 aromatic rings. The summed E-state index contributed by atoms with van der Waals surface area (Å²) in [7, 11) is 1.31. The number of hydrogen-bond donors (Lipinski definition) is 0. The largest absolute Gasteiger partial charge is 0.490 e. The van der Waals surface area contributed by atoms with E-state index in [1.165, 1.54) is 29.2 Å². The highest BCUT2D eigenvalue weighted by atomic mass is 79.9. The quantitative estimate of drug-likeness (QED) is 0.141. The topological polar surface area (TPSA) is 88.4 Å². The second-order valence-electron chi connectivity index (χ2n) is 10.5. The standard InChI is InChI=1S/C36H30Br2N2O6S/c1-4-44-29-14-13-23(18-30(29)45-5-2)32-26(35(42)43-3)19-39-36-40(32)34(41)31(47-36)17-21-15-27(37)33(28(38)16-21)46-20-24-11-8-10-22-9-6-7-12-25(22)24/h6-19,32H,4-5,20H2,1-3H3/b31-17-/t32-/m1/s1. The van der Waals surface area contributed by atoms with Gasteiger partial charge in [0, 0.05) is 6.20 Å². The van der Waals surface area contributed by atoms with Gasteiger partial charge >= 0.3 is 5.97 Å². The molecule has 47 heavy (non-hydrogen) atoms. The van der Waals surface area contributed by atoms with Gasteiger partial charge in [0.05, 0.1) is 45.4 Å². The number of rotatable bonds is 10. The summed E-state index contributed by atoms with van der Waals surface area (Å²) >= 11 is 8.57. The van der Waals surface area contributed by atoms with Crippen LogP contribution in [0, 0.1) is 0 Å². The number of hydrogen-bond acceptors (Lipinski definition) is 8. The van der Waals surface area contributed by atoms with Crippen LogP contribution >= 0.6 is 43.2 Å². The maximum atomic E-state index is 14.0. The van der Waals surface area contributed by atoms with Crippen LogP contribution < -0.4 is 29.1 Å². The predicted octanol–water partition coefficient (Wildman–Crippen LogP) is 7.07. The maximum Gasteiger partial charge on any atom is 0.337 e. The molecule has 1 aromatic heterocycles. The number of carbonyl (C=O) groups excluding carboxylic acids is 1. The van der Waals surface area contributed by atoms with E-state index in [2.05, 4.69) is 61.1 Å². The third kappa shape index (κ3) is 6.65. The molecular weight excluding hydrogens is 748 g/mol. The van der Waals surface area contributed by atoms with Gasteiger partial charge in [-0.2, -0.15) is 0 Å². The van der Waals surface area contributed by atoms with Crippen molar-refractivity contribution in [1.82, 2.24) is 4.57 Å². The van der Waals surface area contributed by atoms with Gasteiger partial charge in [0.15, 0.2) is 16.3 Å². The molecular formula is C36H30Br2N2O6S. The number of thiazole rings is 1. The first-order valence-electron chi connectivity index (χ1n) is 14.9. The Morgan fingerprint density at radius 2 is 1.66 bits per heavy atom. The summed E-state index contributed by atoms with van der Waals surface area (Å²) in [6.07, 6.45) is 3.27. The van der Waals surface area contributed by atoms with E-state index in [-0.39, 0.29) is 11.1 Å². The molecule has 0 N–H and O–H groups in total. The number of esters is 1. The fourth-order valence-electron chi connectivity index (χ4n) is 5.51. The van der Waals surface area contributed by atoms with Crippen molar-refractivity contribution in [2.75, 3.05) is 20.3 Å². The van der Waals surface area contributed by atoms with Crippen molar-refractivity contribution in [3.8, 4) is 17.2 Å². The Bertz CT molecular complexity index is 2180. The Morgan fingerprint density at radius 3 is 2.40 bits per heavy atom. The van der Waals surface area contributed by atoms with Crippen molar-refractivity contribution in [3.05, 3.63) is 130 Å². The van der Waals surface area contributed by atoms with Gasteiger partial charge in [0.25, 0.3) is 5.56 Å². The normalized spacial score (nSPS) is 14.3. The van der Waals surface area contributed by atoms with Gasteiger partial charge in [-0.3, -0.25) is 9.36 Å². The molecule has 0 spiro atoms. The minimum Gasteiger partial charge on any atom is -0.490 e. The maximum absolute atomic E-state index is 14.0. The second kappa shape index (κ2) is 14.3. The minimum atomic E-state index is -0.779. The first kappa shape index (κ1) is 32.7. The van der Waals surface area contributed by atoms with Gasteiger partial charge in [-0.1, -0.05) is 59.9 Å². The summed E-state index contributed by atoms with van der Waals surface area (Å²) in [6.45, 7) is 5.04. The minimum absolute atomic E-state index is 0.233. The summed E-state index contributed by atoms with van der Waals surface area (Å²) < 4.78 is 26.4. The Morgan fingerprint density at radius 1 is 0.936 bits per heavy atom. The average Bonchev–Trinajstić information content (AvgIpc) is 3.39. The van der Waals surface area contributed by atoms with Crippen LogP contribution in [-0.4, -0.2) is 30.9 Å². The van der Waals surface area contributed by atoms with Crippen LogP contribution in [0.15, 0.2) is 103 Å². The number of benzene rings is 4. The molecule has 0 unspecified atom stereocenters. The van der Waals surface area contributed by atoms with Gasteiger partial charge in [-0.05, 0) is 104 Å². The molecule has 1 aliphatic rings. The highest BCUT2D eigenvalue weighted by Gasteiger charge is 2.31. The molecule has 0 aliphatic carbocycles. The van der Waals surface area contributed by atoms with Crippen molar-refractivity contribution >= 4 is 66.0 Å². The van der Waals surface area contributed by atoms with Crippen molar-refractivity contribution in [2.24, 2.45) is 4.99 Å². The molecule has 1 aliphatic heterocycles. The first-order valence-corrected chi connectivity index (χ1v) is 17.3. The Labute approximate surface area is 291 Å². The lowest BCUT2D eigenvalue weighted by Crippen LogP contribution is -2.39. The van der Waals surface area contributed by atoms with Crippen molar-refractivity contribution in [3.63, 3.8) is 0 Å².